The van der Waals surface area contributed by atoms with Crippen molar-refractivity contribution in [3.05, 3.63) is 29.3 Å². The van der Waals surface area contributed by atoms with E-state index in [0.717, 1.165) is 12.1 Å². The Morgan fingerprint density at radius 2 is 1.40 bits per heavy atom. The van der Waals surface area contributed by atoms with Crippen LogP contribution in [0.15, 0.2) is 18.2 Å². The monoisotopic (exact) mass is 302 g/mol. The van der Waals surface area contributed by atoms with Crippen molar-refractivity contribution in [1.82, 2.24) is 0 Å². The predicted octanol–water partition coefficient (Wildman–Crippen LogP) is 0.843. The van der Waals surface area contributed by atoms with Crippen LogP contribution in [0.25, 0.3) is 0 Å². The molecule has 0 saturated heterocycles. The molecule has 0 radical (unpaired) electrons. The van der Waals surface area contributed by atoms with Gasteiger partial charge < -0.3 is 19.3 Å². The van der Waals surface area contributed by atoms with E-state index in [1.54, 1.807) is 13.8 Å². The van der Waals surface area contributed by atoms with Gasteiger partial charge in [-0.15, -0.1) is 0 Å². The van der Waals surface area contributed by atoms with E-state index in [-0.39, 0.29) is 24.3 Å². The fourth-order valence-electron chi connectivity index (χ4n) is 1.44. The Morgan fingerprint density at radius 3 is 1.70 bits per heavy atom. The topological polar surface area (TPSA) is 110 Å². The number of benzene rings is 1. The van der Waals surface area contributed by atoms with Gasteiger partial charge in [0.1, 0.15) is 0 Å². The van der Waals surface area contributed by atoms with Crippen LogP contribution < -0.4 is 5.30 Å². The molecular weight excluding hydrogens is 287 g/mol. The molecule has 110 valence electrons. The van der Waals surface area contributed by atoms with Crippen LogP contribution in [0.3, 0.4) is 0 Å². The maximum absolute atomic E-state index is 11.6. The van der Waals surface area contributed by atoms with Crippen LogP contribution in [0.1, 0.15) is 34.6 Å². The van der Waals surface area contributed by atoms with Gasteiger partial charge in [0.2, 0.25) is 0 Å². The summed E-state index contributed by atoms with van der Waals surface area (Å²) < 4.78 is 20.8. The standard InChI is InChI=1S/C12H15O7P/c1-3-18-11(13)8-5-9(12(14)19-4-2)7-10(6-8)20(15,16)17/h5-7H,3-4H2,1-2H3,(H2,15,16,17). The van der Waals surface area contributed by atoms with Crippen molar-refractivity contribution in [3.8, 4) is 0 Å². The number of hydrogen-bond acceptors (Lipinski definition) is 5. The van der Waals surface area contributed by atoms with E-state index in [4.69, 9.17) is 19.3 Å². The highest BCUT2D eigenvalue weighted by molar-refractivity contribution is 7.60. The summed E-state index contributed by atoms with van der Waals surface area (Å²) in [5.74, 6) is -1.54. The maximum atomic E-state index is 11.6. The quantitative estimate of drug-likeness (QED) is 0.612. The Balaban J connectivity index is 3.32. The van der Waals surface area contributed by atoms with Gasteiger partial charge in [0.25, 0.3) is 0 Å². The van der Waals surface area contributed by atoms with E-state index in [9.17, 15) is 14.2 Å². The first-order valence-corrected chi connectivity index (χ1v) is 7.46. The number of ether oxygens (including phenoxy) is 2. The zero-order valence-corrected chi connectivity index (χ0v) is 11.9. The highest BCUT2D eigenvalue weighted by atomic mass is 31.2. The summed E-state index contributed by atoms with van der Waals surface area (Å²) in [6, 6.07) is 3.18. The molecule has 1 rings (SSSR count). The first-order chi connectivity index (χ1) is 9.29. The lowest BCUT2D eigenvalue weighted by Gasteiger charge is -2.10. The van der Waals surface area contributed by atoms with Crippen molar-refractivity contribution in [2.75, 3.05) is 13.2 Å². The molecule has 0 aliphatic carbocycles. The fourth-order valence-corrected chi connectivity index (χ4v) is 2.06. The molecule has 0 bridgehead atoms. The molecule has 0 aliphatic rings. The van der Waals surface area contributed by atoms with Gasteiger partial charge in [-0.3, -0.25) is 4.57 Å². The van der Waals surface area contributed by atoms with Crippen molar-refractivity contribution in [2.24, 2.45) is 0 Å². The molecule has 0 saturated carbocycles. The van der Waals surface area contributed by atoms with Gasteiger partial charge in [0.05, 0.1) is 29.6 Å². The molecule has 0 fully saturated rings. The van der Waals surface area contributed by atoms with Crippen LogP contribution in [-0.2, 0) is 14.0 Å². The Morgan fingerprint density at radius 1 is 1.00 bits per heavy atom. The third kappa shape index (κ3) is 4.16. The Labute approximate surface area is 115 Å². The second-order valence-electron chi connectivity index (χ2n) is 3.75. The van der Waals surface area contributed by atoms with Gasteiger partial charge in [-0.2, -0.15) is 0 Å². The second kappa shape index (κ2) is 6.65. The third-order valence-corrected chi connectivity index (χ3v) is 3.21. The van der Waals surface area contributed by atoms with E-state index in [1.165, 1.54) is 6.07 Å². The summed E-state index contributed by atoms with van der Waals surface area (Å²) in [5, 5.41) is -0.439. The summed E-state index contributed by atoms with van der Waals surface area (Å²) in [5.41, 5.74) is -0.230. The van der Waals surface area contributed by atoms with Crippen LogP contribution in [0.2, 0.25) is 0 Å². The molecule has 7 nitrogen and oxygen atoms in total. The normalized spacial score (nSPS) is 11.0. The summed E-state index contributed by atoms with van der Waals surface area (Å²) in [6.45, 7) is 3.40. The molecule has 0 heterocycles. The largest absolute Gasteiger partial charge is 0.462 e. The molecule has 20 heavy (non-hydrogen) atoms. The van der Waals surface area contributed by atoms with Crippen LogP contribution >= 0.6 is 7.60 Å². The first kappa shape index (κ1) is 16.4. The highest BCUT2D eigenvalue weighted by Gasteiger charge is 2.23. The van der Waals surface area contributed by atoms with E-state index in [1.807, 2.05) is 0 Å². The third-order valence-electron chi connectivity index (χ3n) is 2.28. The minimum absolute atomic E-state index is 0.105. The van der Waals surface area contributed by atoms with Gasteiger partial charge in [0.15, 0.2) is 0 Å². The highest BCUT2D eigenvalue weighted by Crippen LogP contribution is 2.33. The minimum atomic E-state index is -4.60. The average molecular weight is 302 g/mol. The Bertz CT molecular complexity index is 525. The van der Waals surface area contributed by atoms with Crippen molar-refractivity contribution in [3.63, 3.8) is 0 Å². The number of carbonyl (C=O) groups is 2. The van der Waals surface area contributed by atoms with Crippen LogP contribution in [-0.4, -0.2) is 34.9 Å². The molecule has 2 N–H and O–H groups in total. The Kier molecular flexibility index (Phi) is 5.44. The zero-order valence-electron chi connectivity index (χ0n) is 11.0. The lowest BCUT2D eigenvalue weighted by atomic mass is 10.1. The molecule has 8 heteroatoms. The summed E-state index contributed by atoms with van der Waals surface area (Å²) in [6.07, 6.45) is 0. The molecule has 0 spiro atoms. The van der Waals surface area contributed by atoms with Gasteiger partial charge in [-0.05, 0) is 32.0 Å². The van der Waals surface area contributed by atoms with Gasteiger partial charge >= 0.3 is 19.5 Å². The minimum Gasteiger partial charge on any atom is -0.462 e. The van der Waals surface area contributed by atoms with Crippen molar-refractivity contribution < 1.29 is 33.4 Å². The molecule has 0 amide bonds. The molecule has 1 aromatic carbocycles. The maximum Gasteiger partial charge on any atom is 0.356 e. The molecule has 0 aromatic heterocycles. The van der Waals surface area contributed by atoms with Gasteiger partial charge in [-0.1, -0.05) is 0 Å². The molecule has 0 atom stereocenters. The molecule has 0 unspecified atom stereocenters. The first-order valence-electron chi connectivity index (χ1n) is 5.85. The van der Waals surface area contributed by atoms with Gasteiger partial charge in [-0.25, -0.2) is 9.59 Å². The van der Waals surface area contributed by atoms with Crippen molar-refractivity contribution in [2.45, 2.75) is 13.8 Å². The second-order valence-corrected chi connectivity index (χ2v) is 5.36. The summed E-state index contributed by atoms with van der Waals surface area (Å²) >= 11 is 0. The fraction of sp³-hybridized carbons (Fsp3) is 0.333. The van der Waals surface area contributed by atoms with Crippen LogP contribution in [0.4, 0.5) is 0 Å². The lowest BCUT2D eigenvalue weighted by molar-refractivity contribution is 0.0525. The lowest BCUT2D eigenvalue weighted by Crippen LogP contribution is -2.15. The number of carbonyl (C=O) groups excluding carboxylic acids is 2. The molecule has 0 aliphatic heterocycles. The molecular formula is C12H15O7P. The average Bonchev–Trinajstić information content (AvgIpc) is 2.37. The smallest absolute Gasteiger partial charge is 0.356 e. The van der Waals surface area contributed by atoms with Crippen molar-refractivity contribution >= 4 is 24.8 Å². The SMILES string of the molecule is CCOC(=O)c1cc(C(=O)OCC)cc(P(=O)(O)O)c1. The predicted molar refractivity (Wildman–Crippen MR) is 70.0 cm³/mol. The van der Waals surface area contributed by atoms with Crippen LogP contribution in [0.5, 0.6) is 0 Å². The van der Waals surface area contributed by atoms with E-state index in [0.29, 0.717) is 0 Å². The van der Waals surface area contributed by atoms with Gasteiger partial charge in [0, 0.05) is 0 Å². The number of esters is 2. The van der Waals surface area contributed by atoms with Crippen LogP contribution in [0, 0.1) is 0 Å². The van der Waals surface area contributed by atoms with E-state index >= 15 is 0 Å². The zero-order chi connectivity index (χ0) is 15.3. The van der Waals surface area contributed by atoms with E-state index < -0.39 is 24.8 Å². The van der Waals surface area contributed by atoms with Crippen molar-refractivity contribution in [1.29, 1.82) is 0 Å². The summed E-state index contributed by atoms with van der Waals surface area (Å²) in [7, 11) is -4.60. The molecule has 1 aromatic rings. The summed E-state index contributed by atoms with van der Waals surface area (Å²) in [4.78, 5) is 41.6. The Hall–Kier alpha value is -1.69. The number of rotatable bonds is 5. The number of hydrogen-bond donors (Lipinski definition) is 2. The van der Waals surface area contributed by atoms with E-state index in [2.05, 4.69) is 0 Å².